The van der Waals surface area contributed by atoms with Gasteiger partial charge in [0.2, 0.25) is 0 Å². The van der Waals surface area contributed by atoms with E-state index in [0.29, 0.717) is 12.3 Å². The summed E-state index contributed by atoms with van der Waals surface area (Å²) in [4.78, 5) is 12.0. The molecule has 1 amide bonds. The van der Waals surface area contributed by atoms with Crippen molar-refractivity contribution in [3.05, 3.63) is 84.4 Å². The number of ether oxygens (including phenoxy) is 2. The molecule has 0 saturated heterocycles. The van der Waals surface area contributed by atoms with Crippen molar-refractivity contribution in [3.8, 4) is 22.6 Å². The molecule has 4 heteroatoms. The second-order valence-electron chi connectivity index (χ2n) is 6.77. The number of nitrogens with one attached hydrogen (secondary N) is 1. The highest BCUT2D eigenvalue weighted by Gasteiger charge is 2.04. The molecule has 0 spiro atoms. The number of rotatable bonds is 8. The van der Waals surface area contributed by atoms with E-state index >= 15 is 0 Å². The van der Waals surface area contributed by atoms with E-state index in [4.69, 9.17) is 9.47 Å². The Morgan fingerprint density at radius 3 is 2.07 bits per heavy atom. The molecule has 0 aliphatic carbocycles. The first kappa shape index (κ1) is 19.5. The van der Waals surface area contributed by atoms with Crippen molar-refractivity contribution >= 4 is 5.91 Å². The Balaban J connectivity index is 1.44. The van der Waals surface area contributed by atoms with Crippen LogP contribution in [0.15, 0.2) is 78.9 Å². The minimum Gasteiger partial charge on any atom is -0.491 e. The summed E-state index contributed by atoms with van der Waals surface area (Å²) in [6, 6.07) is 25.6. The molecule has 0 fully saturated rings. The first-order valence-corrected chi connectivity index (χ1v) is 9.41. The van der Waals surface area contributed by atoms with Crippen LogP contribution in [0, 0.1) is 0 Å². The third-order valence-electron chi connectivity index (χ3n) is 4.12. The van der Waals surface area contributed by atoms with Crippen molar-refractivity contribution in [3.63, 3.8) is 0 Å². The Morgan fingerprint density at radius 1 is 0.821 bits per heavy atom. The normalized spacial score (nSPS) is 10.5. The summed E-state index contributed by atoms with van der Waals surface area (Å²) in [5.74, 6) is 1.34. The zero-order valence-corrected chi connectivity index (χ0v) is 16.2. The largest absolute Gasteiger partial charge is 0.491 e. The van der Waals surface area contributed by atoms with Crippen LogP contribution in [0.25, 0.3) is 11.1 Å². The number of benzene rings is 3. The van der Waals surface area contributed by atoms with Gasteiger partial charge in [-0.25, -0.2) is 0 Å². The standard InChI is InChI=1S/C24H25NO3/c1-18(2)28-23-12-8-19(9-13-23)16-25-24(26)17-27-22-14-10-21(11-15-22)20-6-4-3-5-7-20/h3-15,18H,16-17H2,1-2H3,(H,25,26). The molecule has 4 nitrogen and oxygen atoms in total. The lowest BCUT2D eigenvalue weighted by molar-refractivity contribution is -0.123. The summed E-state index contributed by atoms with van der Waals surface area (Å²) in [6.07, 6.45) is 0.143. The van der Waals surface area contributed by atoms with E-state index in [0.717, 1.165) is 22.4 Å². The van der Waals surface area contributed by atoms with Crippen LogP contribution in [0.4, 0.5) is 0 Å². The highest BCUT2D eigenvalue weighted by atomic mass is 16.5. The molecule has 0 unspecified atom stereocenters. The lowest BCUT2D eigenvalue weighted by atomic mass is 10.1. The lowest BCUT2D eigenvalue weighted by Crippen LogP contribution is -2.28. The van der Waals surface area contributed by atoms with Gasteiger partial charge in [0, 0.05) is 6.54 Å². The van der Waals surface area contributed by atoms with E-state index in [9.17, 15) is 4.79 Å². The lowest BCUT2D eigenvalue weighted by Gasteiger charge is -2.11. The van der Waals surface area contributed by atoms with Crippen LogP contribution >= 0.6 is 0 Å². The minimum atomic E-state index is -0.158. The monoisotopic (exact) mass is 375 g/mol. The number of carbonyl (C=O) groups excluding carboxylic acids is 1. The van der Waals surface area contributed by atoms with Crippen LogP contribution < -0.4 is 14.8 Å². The van der Waals surface area contributed by atoms with Gasteiger partial charge in [-0.3, -0.25) is 4.79 Å². The zero-order chi connectivity index (χ0) is 19.8. The third-order valence-corrected chi connectivity index (χ3v) is 4.12. The van der Waals surface area contributed by atoms with Crippen LogP contribution in [0.2, 0.25) is 0 Å². The van der Waals surface area contributed by atoms with E-state index in [2.05, 4.69) is 17.4 Å². The molecule has 1 N–H and O–H groups in total. The molecule has 0 aromatic heterocycles. The molecule has 0 aliphatic rings. The Labute approximate surface area is 166 Å². The van der Waals surface area contributed by atoms with Gasteiger partial charge >= 0.3 is 0 Å². The van der Waals surface area contributed by atoms with Gasteiger partial charge in [0.25, 0.3) is 5.91 Å². The van der Waals surface area contributed by atoms with E-state index in [1.165, 1.54) is 0 Å². The Morgan fingerprint density at radius 2 is 1.43 bits per heavy atom. The molecule has 0 atom stereocenters. The van der Waals surface area contributed by atoms with Gasteiger partial charge in [0.05, 0.1) is 6.10 Å². The summed E-state index contributed by atoms with van der Waals surface area (Å²) < 4.78 is 11.2. The fraction of sp³-hybridized carbons (Fsp3) is 0.208. The average Bonchev–Trinajstić information content (AvgIpc) is 2.72. The summed E-state index contributed by atoms with van der Waals surface area (Å²) in [5.41, 5.74) is 3.27. The molecular weight excluding hydrogens is 350 g/mol. The number of hydrogen-bond donors (Lipinski definition) is 1. The summed E-state index contributed by atoms with van der Waals surface area (Å²) >= 11 is 0. The van der Waals surface area contributed by atoms with Gasteiger partial charge in [-0.15, -0.1) is 0 Å². The van der Waals surface area contributed by atoms with Gasteiger partial charge in [0.15, 0.2) is 6.61 Å². The van der Waals surface area contributed by atoms with Crippen LogP contribution in [0.1, 0.15) is 19.4 Å². The average molecular weight is 375 g/mol. The van der Waals surface area contributed by atoms with Crippen molar-refractivity contribution < 1.29 is 14.3 Å². The maximum atomic E-state index is 12.0. The Hall–Kier alpha value is -3.27. The fourth-order valence-electron chi connectivity index (χ4n) is 2.73. The Bertz CT molecular complexity index is 872. The third kappa shape index (κ3) is 5.88. The SMILES string of the molecule is CC(C)Oc1ccc(CNC(=O)COc2ccc(-c3ccccc3)cc2)cc1. The topological polar surface area (TPSA) is 47.6 Å². The first-order valence-electron chi connectivity index (χ1n) is 9.41. The summed E-state index contributed by atoms with van der Waals surface area (Å²) in [6.45, 7) is 4.42. The second kappa shape index (κ2) is 9.60. The number of hydrogen-bond acceptors (Lipinski definition) is 3. The van der Waals surface area contributed by atoms with Gasteiger partial charge < -0.3 is 14.8 Å². The molecule has 0 bridgehead atoms. The van der Waals surface area contributed by atoms with Crippen LogP contribution in [0.5, 0.6) is 11.5 Å². The van der Waals surface area contributed by atoms with Crippen molar-refractivity contribution in [2.45, 2.75) is 26.5 Å². The van der Waals surface area contributed by atoms with E-state index in [-0.39, 0.29) is 18.6 Å². The maximum absolute atomic E-state index is 12.0. The molecule has 0 radical (unpaired) electrons. The van der Waals surface area contributed by atoms with Crippen molar-refractivity contribution in [2.24, 2.45) is 0 Å². The van der Waals surface area contributed by atoms with Crippen LogP contribution in [0.3, 0.4) is 0 Å². The quantitative estimate of drug-likeness (QED) is 0.613. The van der Waals surface area contributed by atoms with E-state index < -0.39 is 0 Å². The van der Waals surface area contributed by atoms with Gasteiger partial charge in [-0.05, 0) is 54.8 Å². The molecule has 0 heterocycles. The van der Waals surface area contributed by atoms with Crippen molar-refractivity contribution in [1.29, 1.82) is 0 Å². The number of amides is 1. The van der Waals surface area contributed by atoms with E-state index in [1.54, 1.807) is 0 Å². The number of carbonyl (C=O) groups is 1. The smallest absolute Gasteiger partial charge is 0.258 e. The predicted molar refractivity (Wildman–Crippen MR) is 111 cm³/mol. The molecule has 3 rings (SSSR count). The maximum Gasteiger partial charge on any atom is 0.258 e. The molecule has 0 saturated carbocycles. The van der Waals surface area contributed by atoms with Gasteiger partial charge in [-0.2, -0.15) is 0 Å². The highest BCUT2D eigenvalue weighted by Crippen LogP contribution is 2.22. The van der Waals surface area contributed by atoms with E-state index in [1.807, 2.05) is 80.6 Å². The highest BCUT2D eigenvalue weighted by molar-refractivity contribution is 5.77. The molecule has 3 aromatic rings. The van der Waals surface area contributed by atoms with Gasteiger partial charge in [-0.1, -0.05) is 54.6 Å². The summed E-state index contributed by atoms with van der Waals surface area (Å²) in [5, 5.41) is 2.86. The zero-order valence-electron chi connectivity index (χ0n) is 16.2. The van der Waals surface area contributed by atoms with Crippen molar-refractivity contribution in [2.75, 3.05) is 6.61 Å². The predicted octanol–water partition coefficient (Wildman–Crippen LogP) is 4.84. The fourth-order valence-corrected chi connectivity index (χ4v) is 2.73. The van der Waals surface area contributed by atoms with Crippen LogP contribution in [-0.4, -0.2) is 18.6 Å². The minimum absolute atomic E-state index is 0.0147. The first-order chi connectivity index (χ1) is 13.6. The molecule has 28 heavy (non-hydrogen) atoms. The molecule has 144 valence electrons. The molecule has 0 aliphatic heterocycles. The van der Waals surface area contributed by atoms with Crippen LogP contribution in [-0.2, 0) is 11.3 Å². The molecule has 3 aromatic carbocycles. The second-order valence-corrected chi connectivity index (χ2v) is 6.77. The molecular formula is C24H25NO3. The Kier molecular flexibility index (Phi) is 6.68. The summed E-state index contributed by atoms with van der Waals surface area (Å²) in [7, 11) is 0. The van der Waals surface area contributed by atoms with Gasteiger partial charge in [0.1, 0.15) is 11.5 Å². The van der Waals surface area contributed by atoms with Crippen molar-refractivity contribution in [1.82, 2.24) is 5.32 Å².